The number of nitrogen functional groups attached to an aromatic ring is 1. The minimum absolute atomic E-state index is 0.102. The largest absolute Gasteiger partial charge is 0.481 e. The van der Waals surface area contributed by atoms with E-state index in [9.17, 15) is 0 Å². The van der Waals surface area contributed by atoms with E-state index >= 15 is 0 Å². The molecule has 5 heteroatoms. The summed E-state index contributed by atoms with van der Waals surface area (Å²) < 4.78 is 4.89. The lowest BCUT2D eigenvalue weighted by Gasteiger charge is -2.04. The maximum Gasteiger partial charge on any atom is 0.227 e. The van der Waals surface area contributed by atoms with Crippen LogP contribution in [0.4, 0.5) is 5.82 Å². The summed E-state index contributed by atoms with van der Waals surface area (Å²) in [7, 11) is 1.51. The number of halogens is 1. The highest BCUT2D eigenvalue weighted by molar-refractivity contribution is 6.28. The third kappa shape index (κ3) is 1.51. The summed E-state index contributed by atoms with van der Waals surface area (Å²) in [5.41, 5.74) is 6.19. The first-order valence-electron chi connectivity index (χ1n) is 2.98. The maximum atomic E-state index is 5.52. The molecule has 0 aliphatic rings. The molecule has 0 amide bonds. The summed E-state index contributed by atoms with van der Waals surface area (Å²) in [6.07, 6.45) is 0. The topological polar surface area (TPSA) is 61.0 Å². The van der Waals surface area contributed by atoms with E-state index in [0.29, 0.717) is 17.3 Å². The first-order chi connectivity index (χ1) is 5.15. The van der Waals surface area contributed by atoms with Crippen LogP contribution in [0.25, 0.3) is 0 Å². The van der Waals surface area contributed by atoms with E-state index < -0.39 is 0 Å². The van der Waals surface area contributed by atoms with E-state index in [1.165, 1.54) is 7.11 Å². The molecule has 1 heterocycles. The van der Waals surface area contributed by atoms with Gasteiger partial charge in [-0.15, -0.1) is 0 Å². The molecule has 0 aliphatic carbocycles. The summed E-state index contributed by atoms with van der Waals surface area (Å²) in [6.45, 7) is 1.77. The van der Waals surface area contributed by atoms with Crippen molar-refractivity contribution >= 4 is 17.4 Å². The lowest BCUT2D eigenvalue weighted by atomic mass is 10.3. The number of hydrogen-bond acceptors (Lipinski definition) is 4. The number of rotatable bonds is 1. The van der Waals surface area contributed by atoms with Gasteiger partial charge in [-0.1, -0.05) is 0 Å². The van der Waals surface area contributed by atoms with Crippen LogP contribution >= 0.6 is 11.6 Å². The maximum absolute atomic E-state index is 5.52. The molecule has 0 unspecified atom stereocenters. The lowest BCUT2D eigenvalue weighted by Crippen LogP contribution is -2.00. The quantitative estimate of drug-likeness (QED) is 0.645. The minimum atomic E-state index is 0.102. The molecule has 2 N–H and O–H groups in total. The molecule has 0 fully saturated rings. The Hall–Kier alpha value is -1.03. The SMILES string of the molecule is COc1nc(Cl)nc(N)c1C. The fraction of sp³-hybridized carbons (Fsp3) is 0.333. The summed E-state index contributed by atoms with van der Waals surface area (Å²) in [6, 6.07) is 0. The highest BCUT2D eigenvalue weighted by Crippen LogP contribution is 2.20. The molecule has 60 valence electrons. The fourth-order valence-electron chi connectivity index (χ4n) is 0.684. The van der Waals surface area contributed by atoms with Gasteiger partial charge in [0.25, 0.3) is 0 Å². The van der Waals surface area contributed by atoms with Crippen LogP contribution in [-0.4, -0.2) is 17.1 Å². The van der Waals surface area contributed by atoms with Gasteiger partial charge in [0.15, 0.2) is 0 Å². The average molecular weight is 174 g/mol. The van der Waals surface area contributed by atoms with Crippen molar-refractivity contribution in [1.29, 1.82) is 0 Å². The number of hydrogen-bond donors (Lipinski definition) is 1. The summed E-state index contributed by atoms with van der Waals surface area (Å²) >= 11 is 5.52. The molecule has 0 atom stereocenters. The molecule has 0 saturated heterocycles. The Bertz CT molecular complexity index is 277. The van der Waals surface area contributed by atoms with Crippen molar-refractivity contribution in [3.63, 3.8) is 0 Å². The second kappa shape index (κ2) is 2.92. The monoisotopic (exact) mass is 173 g/mol. The predicted octanol–water partition coefficient (Wildman–Crippen LogP) is 1.03. The zero-order chi connectivity index (χ0) is 8.43. The van der Waals surface area contributed by atoms with Crippen LogP contribution in [0.15, 0.2) is 0 Å². The van der Waals surface area contributed by atoms with Gasteiger partial charge in [0.1, 0.15) is 5.82 Å². The number of ether oxygens (including phenoxy) is 1. The fourth-order valence-corrected chi connectivity index (χ4v) is 0.852. The number of methoxy groups -OCH3 is 1. The van der Waals surface area contributed by atoms with Crippen molar-refractivity contribution in [3.05, 3.63) is 10.8 Å². The van der Waals surface area contributed by atoms with E-state index in [4.69, 9.17) is 22.1 Å². The molecular formula is C6H8ClN3O. The van der Waals surface area contributed by atoms with Gasteiger partial charge in [-0.05, 0) is 18.5 Å². The minimum Gasteiger partial charge on any atom is -0.481 e. The molecule has 0 bridgehead atoms. The van der Waals surface area contributed by atoms with Crippen LogP contribution in [0.2, 0.25) is 5.28 Å². The molecule has 1 aromatic rings. The Kier molecular flexibility index (Phi) is 2.14. The first-order valence-corrected chi connectivity index (χ1v) is 3.36. The van der Waals surface area contributed by atoms with Crippen LogP contribution in [0.5, 0.6) is 5.88 Å². The Labute approximate surface area is 69.4 Å². The summed E-state index contributed by atoms with van der Waals surface area (Å²) in [4.78, 5) is 7.54. The van der Waals surface area contributed by atoms with Crippen molar-refractivity contribution in [1.82, 2.24) is 9.97 Å². The van der Waals surface area contributed by atoms with Gasteiger partial charge in [-0.3, -0.25) is 0 Å². The van der Waals surface area contributed by atoms with Crippen molar-refractivity contribution in [3.8, 4) is 5.88 Å². The number of nitrogens with two attached hydrogens (primary N) is 1. The Balaban J connectivity index is 3.24. The Morgan fingerprint density at radius 2 is 2.09 bits per heavy atom. The smallest absolute Gasteiger partial charge is 0.227 e. The standard InChI is InChI=1S/C6H8ClN3O/c1-3-4(8)9-6(7)10-5(3)11-2/h1-2H3,(H2,8,9,10). The average Bonchev–Trinajstić information content (AvgIpc) is 1.96. The molecule has 0 aromatic carbocycles. The van der Waals surface area contributed by atoms with Gasteiger partial charge in [0, 0.05) is 0 Å². The van der Waals surface area contributed by atoms with E-state index in [-0.39, 0.29) is 5.28 Å². The third-order valence-electron chi connectivity index (χ3n) is 1.30. The Morgan fingerprint density at radius 3 is 2.64 bits per heavy atom. The highest BCUT2D eigenvalue weighted by atomic mass is 35.5. The predicted molar refractivity (Wildman–Crippen MR) is 42.7 cm³/mol. The zero-order valence-corrected chi connectivity index (χ0v) is 7.01. The molecule has 0 radical (unpaired) electrons. The second-order valence-electron chi connectivity index (χ2n) is 2.01. The zero-order valence-electron chi connectivity index (χ0n) is 6.26. The summed E-state index contributed by atoms with van der Waals surface area (Å²) in [5.74, 6) is 0.768. The van der Waals surface area contributed by atoms with Gasteiger partial charge in [0.2, 0.25) is 11.2 Å². The Morgan fingerprint density at radius 1 is 1.45 bits per heavy atom. The van der Waals surface area contributed by atoms with E-state index in [2.05, 4.69) is 9.97 Å². The molecule has 1 aromatic heterocycles. The number of nitrogens with zero attached hydrogens (tertiary/aromatic N) is 2. The van der Waals surface area contributed by atoms with Crippen molar-refractivity contribution in [2.24, 2.45) is 0 Å². The van der Waals surface area contributed by atoms with Crippen molar-refractivity contribution in [2.45, 2.75) is 6.92 Å². The highest BCUT2D eigenvalue weighted by Gasteiger charge is 2.06. The van der Waals surface area contributed by atoms with Gasteiger partial charge in [-0.2, -0.15) is 4.98 Å². The van der Waals surface area contributed by atoms with Gasteiger partial charge in [-0.25, -0.2) is 4.98 Å². The van der Waals surface area contributed by atoms with E-state index in [1.807, 2.05) is 0 Å². The van der Waals surface area contributed by atoms with Gasteiger partial charge >= 0.3 is 0 Å². The molecular weight excluding hydrogens is 166 g/mol. The number of anilines is 1. The van der Waals surface area contributed by atoms with Crippen LogP contribution in [0, 0.1) is 6.92 Å². The molecule has 0 saturated carbocycles. The molecule has 0 aliphatic heterocycles. The van der Waals surface area contributed by atoms with Crippen LogP contribution in [-0.2, 0) is 0 Å². The molecule has 1 rings (SSSR count). The normalized spacial score (nSPS) is 9.73. The molecule has 4 nitrogen and oxygen atoms in total. The third-order valence-corrected chi connectivity index (χ3v) is 1.47. The summed E-state index contributed by atoms with van der Waals surface area (Å²) in [5, 5.41) is 0.102. The van der Waals surface area contributed by atoms with Crippen molar-refractivity contribution < 1.29 is 4.74 Å². The van der Waals surface area contributed by atoms with Gasteiger partial charge in [0.05, 0.1) is 12.7 Å². The van der Waals surface area contributed by atoms with Crippen LogP contribution < -0.4 is 10.5 Å². The van der Waals surface area contributed by atoms with Crippen LogP contribution in [0.3, 0.4) is 0 Å². The van der Waals surface area contributed by atoms with Crippen molar-refractivity contribution in [2.75, 3.05) is 12.8 Å². The van der Waals surface area contributed by atoms with Crippen LogP contribution in [0.1, 0.15) is 5.56 Å². The molecule has 0 spiro atoms. The molecule has 11 heavy (non-hydrogen) atoms. The van der Waals surface area contributed by atoms with E-state index in [1.54, 1.807) is 6.92 Å². The lowest BCUT2D eigenvalue weighted by molar-refractivity contribution is 0.394. The first kappa shape index (κ1) is 8.07. The number of aromatic nitrogens is 2. The van der Waals surface area contributed by atoms with Gasteiger partial charge < -0.3 is 10.5 Å². The second-order valence-corrected chi connectivity index (χ2v) is 2.35. The van der Waals surface area contributed by atoms with E-state index in [0.717, 1.165) is 0 Å².